The van der Waals surface area contributed by atoms with E-state index in [0.29, 0.717) is 34.0 Å². The quantitative estimate of drug-likeness (QED) is 0.759. The van der Waals surface area contributed by atoms with Gasteiger partial charge in [-0.1, -0.05) is 17.7 Å². The summed E-state index contributed by atoms with van der Waals surface area (Å²) < 4.78 is 5.90. The minimum atomic E-state index is -0.278. The Kier molecular flexibility index (Phi) is 5.41. The smallest absolute Gasteiger partial charge is 0.263 e. The number of nitrogen functional groups attached to an aromatic ring is 1. The van der Waals surface area contributed by atoms with Crippen LogP contribution in [0, 0.1) is 0 Å². The number of methoxy groups -OCH3 is 1. The second kappa shape index (κ2) is 7.09. The predicted octanol–water partition coefficient (Wildman–Crippen LogP) is 2.26. The van der Waals surface area contributed by atoms with E-state index in [0.717, 1.165) is 4.70 Å². The number of ether oxygens (including phenoxy) is 1. The van der Waals surface area contributed by atoms with Gasteiger partial charge in [-0.2, -0.15) is 0 Å². The highest BCUT2D eigenvalue weighted by Gasteiger charge is 2.20. The summed E-state index contributed by atoms with van der Waals surface area (Å²) in [6, 6.07) is 5.18. The number of rotatable bonds is 6. The zero-order valence-electron chi connectivity index (χ0n) is 11.6. The minimum absolute atomic E-state index is 0.0258. The van der Waals surface area contributed by atoms with Crippen LogP contribution in [0.15, 0.2) is 18.2 Å². The van der Waals surface area contributed by atoms with Gasteiger partial charge >= 0.3 is 0 Å². The molecule has 0 fully saturated rings. The molecule has 0 saturated heterocycles. The van der Waals surface area contributed by atoms with Gasteiger partial charge in [0.15, 0.2) is 0 Å². The maximum absolute atomic E-state index is 12.3. The molecule has 1 aromatic heterocycles. The summed E-state index contributed by atoms with van der Waals surface area (Å²) in [7, 11) is 1.55. The summed E-state index contributed by atoms with van der Waals surface area (Å²) in [5.74, 6) is -0.278. The zero-order chi connectivity index (χ0) is 15.4. The van der Waals surface area contributed by atoms with Crippen LogP contribution in [0.1, 0.15) is 16.1 Å². The van der Waals surface area contributed by atoms with Gasteiger partial charge in [0.2, 0.25) is 0 Å². The molecule has 0 saturated carbocycles. The lowest BCUT2D eigenvalue weighted by atomic mass is 10.2. The molecule has 114 valence electrons. The normalized spacial score (nSPS) is 12.5. The Bertz CT molecular complexity index is 638. The number of aliphatic hydroxyl groups excluding tert-OH is 1. The SMILES string of the molecule is COCC(CCO)NC(=O)c1sc2cccc(Cl)c2c1N. The highest BCUT2D eigenvalue weighted by molar-refractivity contribution is 7.21. The van der Waals surface area contributed by atoms with Crippen LogP contribution in [0.2, 0.25) is 5.02 Å². The minimum Gasteiger partial charge on any atom is -0.397 e. The van der Waals surface area contributed by atoms with Crippen LogP contribution in [-0.4, -0.2) is 37.4 Å². The number of amides is 1. The summed E-state index contributed by atoms with van der Waals surface area (Å²) in [4.78, 5) is 12.8. The van der Waals surface area contributed by atoms with E-state index in [1.807, 2.05) is 12.1 Å². The van der Waals surface area contributed by atoms with Crippen LogP contribution in [0.25, 0.3) is 10.1 Å². The van der Waals surface area contributed by atoms with Crippen molar-refractivity contribution in [1.29, 1.82) is 0 Å². The van der Waals surface area contributed by atoms with Crippen molar-refractivity contribution in [3.05, 3.63) is 28.1 Å². The summed E-state index contributed by atoms with van der Waals surface area (Å²) in [6.45, 7) is 0.305. The lowest BCUT2D eigenvalue weighted by Gasteiger charge is -2.16. The molecule has 0 aliphatic rings. The number of nitrogens with one attached hydrogen (secondary N) is 1. The first-order valence-electron chi connectivity index (χ1n) is 6.45. The molecule has 1 unspecified atom stereocenters. The van der Waals surface area contributed by atoms with Crippen LogP contribution in [0.3, 0.4) is 0 Å². The standard InChI is InChI=1S/C14H17ClN2O3S/c1-20-7-8(5-6-18)17-14(19)13-12(16)11-9(15)3-2-4-10(11)21-13/h2-4,8,18H,5-7,16H2,1H3,(H,17,19). The fourth-order valence-electron chi connectivity index (χ4n) is 2.10. The van der Waals surface area contributed by atoms with E-state index in [4.69, 9.17) is 27.2 Å². The van der Waals surface area contributed by atoms with Gasteiger partial charge in [-0.3, -0.25) is 4.79 Å². The van der Waals surface area contributed by atoms with Crippen molar-refractivity contribution in [3.8, 4) is 0 Å². The van der Waals surface area contributed by atoms with Gasteiger partial charge in [0.25, 0.3) is 5.91 Å². The number of halogens is 1. The molecule has 0 radical (unpaired) electrons. The van der Waals surface area contributed by atoms with Crippen molar-refractivity contribution >= 4 is 44.6 Å². The third-order valence-electron chi connectivity index (χ3n) is 3.09. The number of nitrogens with two attached hydrogens (primary N) is 1. The van der Waals surface area contributed by atoms with Crippen molar-refractivity contribution in [2.75, 3.05) is 26.1 Å². The fraction of sp³-hybridized carbons (Fsp3) is 0.357. The molecule has 2 rings (SSSR count). The van der Waals surface area contributed by atoms with Crippen molar-refractivity contribution < 1.29 is 14.6 Å². The van der Waals surface area contributed by atoms with Crippen LogP contribution >= 0.6 is 22.9 Å². The van der Waals surface area contributed by atoms with Crippen LogP contribution in [0.4, 0.5) is 5.69 Å². The Balaban J connectivity index is 2.27. The molecule has 0 aliphatic carbocycles. The second-order valence-corrected chi connectivity index (χ2v) is 6.06. The van der Waals surface area contributed by atoms with E-state index < -0.39 is 0 Å². The number of hydrogen-bond donors (Lipinski definition) is 3. The number of benzene rings is 1. The van der Waals surface area contributed by atoms with Crippen LogP contribution in [0.5, 0.6) is 0 Å². The number of hydrogen-bond acceptors (Lipinski definition) is 5. The highest BCUT2D eigenvalue weighted by Crippen LogP contribution is 2.37. The van der Waals surface area contributed by atoms with E-state index in [-0.39, 0.29) is 18.6 Å². The molecule has 4 N–H and O–H groups in total. The lowest BCUT2D eigenvalue weighted by Crippen LogP contribution is -2.38. The Morgan fingerprint density at radius 2 is 2.33 bits per heavy atom. The van der Waals surface area contributed by atoms with Gasteiger partial charge in [0, 0.05) is 23.8 Å². The first kappa shape index (κ1) is 16.0. The number of carbonyl (C=O) groups is 1. The second-order valence-electron chi connectivity index (χ2n) is 4.60. The third-order valence-corrected chi connectivity index (χ3v) is 4.57. The van der Waals surface area contributed by atoms with E-state index in [9.17, 15) is 4.79 Å². The molecule has 0 aliphatic heterocycles. The van der Waals surface area contributed by atoms with Gasteiger partial charge in [-0.25, -0.2) is 0 Å². The molecule has 1 amide bonds. The maximum atomic E-state index is 12.3. The fourth-order valence-corrected chi connectivity index (χ4v) is 3.49. The molecule has 21 heavy (non-hydrogen) atoms. The predicted molar refractivity (Wildman–Crippen MR) is 86.1 cm³/mol. The van der Waals surface area contributed by atoms with E-state index >= 15 is 0 Å². The van der Waals surface area contributed by atoms with Gasteiger partial charge in [-0.15, -0.1) is 11.3 Å². The van der Waals surface area contributed by atoms with Crippen molar-refractivity contribution in [2.45, 2.75) is 12.5 Å². The summed E-state index contributed by atoms with van der Waals surface area (Å²) in [5, 5.41) is 13.1. The van der Waals surface area contributed by atoms with Crippen LogP contribution < -0.4 is 11.1 Å². The van der Waals surface area contributed by atoms with E-state index in [1.165, 1.54) is 11.3 Å². The Morgan fingerprint density at radius 3 is 2.95 bits per heavy atom. The average Bonchev–Trinajstić information content (AvgIpc) is 2.78. The first-order valence-corrected chi connectivity index (χ1v) is 7.65. The molecule has 7 heteroatoms. The molecule has 0 bridgehead atoms. The number of thiophene rings is 1. The first-order chi connectivity index (χ1) is 10.1. The van der Waals surface area contributed by atoms with E-state index in [1.54, 1.807) is 13.2 Å². The van der Waals surface area contributed by atoms with E-state index in [2.05, 4.69) is 5.32 Å². The van der Waals surface area contributed by atoms with Gasteiger partial charge in [0.1, 0.15) is 4.88 Å². The van der Waals surface area contributed by atoms with Crippen LogP contribution in [-0.2, 0) is 4.74 Å². The number of fused-ring (bicyclic) bond motifs is 1. The number of anilines is 1. The molecular formula is C14H17ClN2O3S. The molecule has 5 nitrogen and oxygen atoms in total. The van der Waals surface area contributed by atoms with Crippen molar-refractivity contribution in [3.63, 3.8) is 0 Å². The monoisotopic (exact) mass is 328 g/mol. The summed E-state index contributed by atoms with van der Waals surface area (Å²) in [6.07, 6.45) is 0.422. The average molecular weight is 329 g/mol. The van der Waals surface area contributed by atoms with Gasteiger partial charge < -0.3 is 20.9 Å². The van der Waals surface area contributed by atoms with Gasteiger partial charge in [0.05, 0.1) is 23.4 Å². The van der Waals surface area contributed by atoms with Crippen molar-refractivity contribution in [1.82, 2.24) is 5.32 Å². The Hall–Kier alpha value is -1.34. The molecule has 2 aromatic rings. The number of aliphatic hydroxyl groups is 1. The topological polar surface area (TPSA) is 84.6 Å². The third kappa shape index (κ3) is 3.47. The molecule has 1 heterocycles. The Morgan fingerprint density at radius 1 is 1.57 bits per heavy atom. The zero-order valence-corrected chi connectivity index (χ0v) is 13.1. The molecule has 0 spiro atoms. The van der Waals surface area contributed by atoms with Gasteiger partial charge in [-0.05, 0) is 18.6 Å². The highest BCUT2D eigenvalue weighted by atomic mass is 35.5. The lowest BCUT2D eigenvalue weighted by molar-refractivity contribution is 0.0883. The number of carbonyl (C=O) groups excluding carboxylic acids is 1. The largest absolute Gasteiger partial charge is 0.397 e. The Labute approximate surface area is 131 Å². The molecule has 1 atom stereocenters. The molecule has 1 aromatic carbocycles. The maximum Gasteiger partial charge on any atom is 0.263 e. The van der Waals surface area contributed by atoms with Crippen molar-refractivity contribution in [2.24, 2.45) is 0 Å². The summed E-state index contributed by atoms with van der Waals surface area (Å²) >= 11 is 7.43. The summed E-state index contributed by atoms with van der Waals surface area (Å²) in [5.41, 5.74) is 6.44. The molecular weight excluding hydrogens is 312 g/mol.